The van der Waals surface area contributed by atoms with E-state index in [2.05, 4.69) is 5.10 Å². The lowest BCUT2D eigenvalue weighted by atomic mass is 9.43. The molecule has 4 aliphatic carbocycles. The van der Waals surface area contributed by atoms with Crippen LogP contribution in [-0.4, -0.2) is 66.8 Å². The van der Waals surface area contributed by atoms with Crippen molar-refractivity contribution >= 4 is 11.9 Å². The highest BCUT2D eigenvalue weighted by Crippen LogP contribution is 2.72. The minimum atomic E-state index is -1.94. The van der Waals surface area contributed by atoms with Crippen molar-refractivity contribution < 1.29 is 34.0 Å². The number of halogens is 1. The van der Waals surface area contributed by atoms with Crippen molar-refractivity contribution in [2.45, 2.75) is 89.1 Å². The Kier molecular flexibility index (Phi) is 5.28. The number of ether oxygens (including phenoxy) is 2. The van der Waals surface area contributed by atoms with Crippen molar-refractivity contribution in [1.82, 2.24) is 9.78 Å². The molecular formula is C31H37FN2O6. The van der Waals surface area contributed by atoms with Crippen LogP contribution in [0.3, 0.4) is 0 Å². The standard InChI is InChI=1S/C31H37FN2O6/c1-27(2)39-26-12-22-21-9-8-18-10-23-17(15-33-34(23)19-6-5-7-20(36)11-19)13-28(18,3)30(21,32)24(37)14-29(22,4)31(26,40-27)25(38)16-35/h5-7,10-11,15,21-22,24,26,35-37H,8-9,12-14,16H2,1-4H3/t21-,22-,24-,26+,28-,29-,30-,31+/m0/s1. The van der Waals surface area contributed by atoms with E-state index in [1.54, 1.807) is 42.9 Å². The number of carbonyl (C=O) groups is 1. The van der Waals surface area contributed by atoms with Crippen LogP contribution in [0.5, 0.6) is 5.75 Å². The number of aliphatic hydroxyl groups excluding tert-OH is 2. The average Bonchev–Trinajstić information content (AvgIpc) is 3.49. The van der Waals surface area contributed by atoms with Crippen molar-refractivity contribution in [3.63, 3.8) is 0 Å². The lowest BCUT2D eigenvalue weighted by Gasteiger charge is -2.63. The first-order chi connectivity index (χ1) is 18.8. The highest BCUT2D eigenvalue weighted by molar-refractivity contribution is 5.91. The maximum absolute atomic E-state index is 18.0. The Labute approximate surface area is 232 Å². The third-order valence-corrected chi connectivity index (χ3v) is 11.2. The topological polar surface area (TPSA) is 114 Å². The number of aromatic hydroxyl groups is 1. The second-order valence-corrected chi connectivity index (χ2v) is 13.5. The lowest BCUT2D eigenvalue weighted by Crippen LogP contribution is -2.70. The minimum Gasteiger partial charge on any atom is -0.508 e. The fraction of sp³-hybridized carbons (Fsp3) is 0.613. The van der Waals surface area contributed by atoms with E-state index in [-0.39, 0.29) is 18.1 Å². The van der Waals surface area contributed by atoms with Gasteiger partial charge in [0.25, 0.3) is 0 Å². The lowest BCUT2D eigenvalue weighted by molar-refractivity contribution is -0.250. The van der Waals surface area contributed by atoms with Crippen LogP contribution in [0.1, 0.15) is 64.6 Å². The Morgan fingerprint density at radius 2 is 2.00 bits per heavy atom. The van der Waals surface area contributed by atoms with Gasteiger partial charge in [0, 0.05) is 22.8 Å². The highest BCUT2D eigenvalue weighted by atomic mass is 19.1. The number of Topliss-reactive ketones (excluding diaryl/α,β-unsaturated/α-hetero) is 1. The van der Waals surface area contributed by atoms with Gasteiger partial charge in [-0.15, -0.1) is 0 Å². The molecule has 214 valence electrons. The first-order valence-electron chi connectivity index (χ1n) is 14.3. The number of aliphatic hydroxyl groups is 2. The molecule has 2 aromatic rings. The molecule has 3 N–H and O–H groups in total. The van der Waals surface area contributed by atoms with Crippen LogP contribution in [0.4, 0.5) is 4.39 Å². The molecule has 8 atom stereocenters. The summed E-state index contributed by atoms with van der Waals surface area (Å²) in [6.45, 7) is 6.65. The van der Waals surface area contributed by atoms with Crippen molar-refractivity contribution in [3.05, 3.63) is 47.3 Å². The quantitative estimate of drug-likeness (QED) is 0.530. The number of nitrogens with zero attached hydrogens (tertiary/aromatic N) is 2. The normalized spacial score (nSPS) is 42.7. The Morgan fingerprint density at radius 3 is 2.73 bits per heavy atom. The van der Waals surface area contributed by atoms with Crippen LogP contribution < -0.4 is 0 Å². The predicted octanol–water partition coefficient (Wildman–Crippen LogP) is 3.88. The van der Waals surface area contributed by atoms with Crippen molar-refractivity contribution in [1.29, 1.82) is 0 Å². The van der Waals surface area contributed by atoms with E-state index in [9.17, 15) is 20.1 Å². The fourth-order valence-electron chi connectivity index (χ4n) is 9.60. The van der Waals surface area contributed by atoms with E-state index in [0.29, 0.717) is 25.7 Å². The summed E-state index contributed by atoms with van der Waals surface area (Å²) in [5.74, 6) is -2.14. The number of allylic oxidation sites excluding steroid dienone is 1. The third-order valence-electron chi connectivity index (χ3n) is 11.2. The number of phenols is 1. The van der Waals surface area contributed by atoms with Crippen molar-refractivity contribution in [3.8, 4) is 11.4 Å². The second kappa shape index (κ2) is 8.03. The average molecular weight is 553 g/mol. The molecular weight excluding hydrogens is 515 g/mol. The molecule has 2 heterocycles. The number of hydrogen-bond donors (Lipinski definition) is 3. The van der Waals surface area contributed by atoms with E-state index in [1.807, 2.05) is 26.0 Å². The maximum Gasteiger partial charge on any atom is 0.193 e. The Balaban J connectivity index is 1.30. The molecule has 9 heteroatoms. The molecule has 7 rings (SSSR count). The predicted molar refractivity (Wildman–Crippen MR) is 143 cm³/mol. The van der Waals surface area contributed by atoms with Crippen LogP contribution in [0, 0.1) is 22.7 Å². The molecule has 4 fully saturated rings. The summed E-state index contributed by atoms with van der Waals surface area (Å²) >= 11 is 0. The number of ketones is 1. The smallest absolute Gasteiger partial charge is 0.193 e. The summed E-state index contributed by atoms with van der Waals surface area (Å²) in [5, 5.41) is 36.4. The van der Waals surface area contributed by atoms with Gasteiger partial charge < -0.3 is 24.8 Å². The highest BCUT2D eigenvalue weighted by Gasteiger charge is 2.80. The van der Waals surface area contributed by atoms with E-state index >= 15 is 4.39 Å². The minimum absolute atomic E-state index is 0.0324. The van der Waals surface area contributed by atoms with Crippen molar-refractivity contribution in [2.75, 3.05) is 6.61 Å². The number of rotatable bonds is 3. The van der Waals surface area contributed by atoms with Crippen LogP contribution in [0.25, 0.3) is 11.8 Å². The van der Waals surface area contributed by atoms with Gasteiger partial charge >= 0.3 is 0 Å². The molecule has 0 amide bonds. The first-order valence-corrected chi connectivity index (χ1v) is 14.3. The zero-order valence-corrected chi connectivity index (χ0v) is 23.4. The monoisotopic (exact) mass is 552 g/mol. The molecule has 5 aliphatic rings. The Bertz CT molecular complexity index is 1450. The molecule has 0 radical (unpaired) electrons. The number of hydrogen-bond acceptors (Lipinski definition) is 7. The Morgan fingerprint density at radius 1 is 1.23 bits per heavy atom. The van der Waals surface area contributed by atoms with E-state index in [4.69, 9.17) is 9.47 Å². The number of fused-ring (bicyclic) bond motifs is 8. The first kappa shape index (κ1) is 26.3. The molecule has 1 aromatic carbocycles. The summed E-state index contributed by atoms with van der Waals surface area (Å²) in [6.07, 6.45) is 3.82. The molecule has 1 aliphatic heterocycles. The molecule has 3 saturated carbocycles. The number of carbonyl (C=O) groups excluding carboxylic acids is 1. The van der Waals surface area contributed by atoms with Gasteiger partial charge in [0.15, 0.2) is 17.2 Å². The van der Waals surface area contributed by atoms with Gasteiger partial charge in [0.2, 0.25) is 0 Å². The fourth-order valence-corrected chi connectivity index (χ4v) is 9.60. The van der Waals surface area contributed by atoms with Gasteiger partial charge in [-0.2, -0.15) is 5.10 Å². The summed E-state index contributed by atoms with van der Waals surface area (Å²) in [7, 11) is 0. The zero-order chi connectivity index (χ0) is 28.5. The van der Waals surface area contributed by atoms with E-state index < -0.39 is 58.4 Å². The summed E-state index contributed by atoms with van der Waals surface area (Å²) < 4.78 is 32.4. The van der Waals surface area contributed by atoms with Crippen LogP contribution >= 0.6 is 0 Å². The molecule has 40 heavy (non-hydrogen) atoms. The number of aromatic nitrogens is 2. The number of benzene rings is 1. The summed E-state index contributed by atoms with van der Waals surface area (Å²) in [5.41, 5.74) is -1.83. The summed E-state index contributed by atoms with van der Waals surface area (Å²) in [4.78, 5) is 13.4. The molecule has 0 unspecified atom stereocenters. The van der Waals surface area contributed by atoms with Gasteiger partial charge in [-0.25, -0.2) is 9.07 Å². The van der Waals surface area contributed by atoms with Gasteiger partial charge in [-0.1, -0.05) is 25.5 Å². The zero-order valence-electron chi connectivity index (χ0n) is 23.4. The number of phenolic OH excluding ortho intramolecular Hbond substituents is 1. The van der Waals surface area contributed by atoms with Crippen LogP contribution in [-0.2, 0) is 20.7 Å². The SMILES string of the molecule is CC1(C)O[C@@H]2C[C@H]3[C@@H]4CCC5=Cc6c(cnn6-c6cccc(O)c6)C[C@]5(C)[C@@]4(F)[C@@H](O)C[C@]3(C)[C@]2(C(=O)CO)O1. The van der Waals surface area contributed by atoms with Crippen molar-refractivity contribution in [2.24, 2.45) is 22.7 Å². The number of alkyl halides is 1. The molecule has 8 nitrogen and oxygen atoms in total. The van der Waals surface area contributed by atoms with Gasteiger partial charge in [-0.3, -0.25) is 4.79 Å². The Hall–Kier alpha value is -2.59. The second-order valence-electron chi connectivity index (χ2n) is 13.5. The molecule has 0 bridgehead atoms. The summed E-state index contributed by atoms with van der Waals surface area (Å²) in [6, 6.07) is 6.87. The maximum atomic E-state index is 18.0. The van der Waals surface area contributed by atoms with E-state index in [1.165, 1.54) is 0 Å². The largest absolute Gasteiger partial charge is 0.508 e. The van der Waals surface area contributed by atoms with Gasteiger partial charge in [0.05, 0.1) is 29.8 Å². The molecule has 1 saturated heterocycles. The van der Waals surface area contributed by atoms with Crippen LogP contribution in [0.15, 0.2) is 36.0 Å². The third kappa shape index (κ3) is 2.99. The van der Waals surface area contributed by atoms with Crippen LogP contribution in [0.2, 0.25) is 0 Å². The molecule has 0 spiro atoms. The van der Waals surface area contributed by atoms with Gasteiger partial charge in [-0.05, 0) is 75.6 Å². The van der Waals surface area contributed by atoms with E-state index in [0.717, 1.165) is 22.5 Å². The van der Waals surface area contributed by atoms with Gasteiger partial charge in [0.1, 0.15) is 18.0 Å². The molecule has 1 aromatic heterocycles.